The van der Waals surface area contributed by atoms with Crippen LogP contribution < -0.4 is 5.32 Å². The molecule has 1 N–H and O–H groups in total. The first-order valence-corrected chi connectivity index (χ1v) is 4.58. The summed E-state index contributed by atoms with van der Waals surface area (Å²) in [5, 5.41) is 11.1. The van der Waals surface area contributed by atoms with Gasteiger partial charge in [-0.1, -0.05) is 11.8 Å². The van der Waals surface area contributed by atoms with Crippen LogP contribution in [0.2, 0.25) is 0 Å². The smallest absolute Gasteiger partial charge is 0.251 e. The van der Waals surface area contributed by atoms with E-state index in [9.17, 15) is 4.79 Å². The van der Waals surface area contributed by atoms with E-state index < -0.39 is 0 Å². The van der Waals surface area contributed by atoms with Crippen molar-refractivity contribution in [1.29, 1.82) is 5.26 Å². The zero-order valence-electron chi connectivity index (χ0n) is 8.00. The van der Waals surface area contributed by atoms with Crippen molar-refractivity contribution in [3.8, 4) is 17.9 Å². The third-order valence-electron chi connectivity index (χ3n) is 2.19. The molecule has 0 saturated heterocycles. The molecular weight excluding hydrogens is 188 g/mol. The highest BCUT2D eigenvalue weighted by Gasteiger charge is 2.17. The third-order valence-corrected chi connectivity index (χ3v) is 2.19. The molecule has 3 heteroatoms. The maximum absolute atomic E-state index is 11.2. The lowest BCUT2D eigenvalue weighted by atomic mass is 10.1. The Morgan fingerprint density at radius 1 is 1.47 bits per heavy atom. The van der Waals surface area contributed by atoms with Gasteiger partial charge in [-0.3, -0.25) is 4.79 Å². The van der Waals surface area contributed by atoms with Crippen LogP contribution >= 0.6 is 0 Å². The number of carbonyl (C=O) groups excluding carboxylic acids is 1. The summed E-state index contributed by atoms with van der Waals surface area (Å²) in [5.74, 6) is 5.59. The molecule has 1 aliphatic heterocycles. The van der Waals surface area contributed by atoms with Crippen LogP contribution in [0.1, 0.15) is 27.9 Å². The van der Waals surface area contributed by atoms with Crippen LogP contribution in [0, 0.1) is 23.2 Å². The second kappa shape index (κ2) is 3.86. The normalized spacial score (nSPS) is 12.1. The van der Waals surface area contributed by atoms with E-state index in [-0.39, 0.29) is 12.3 Å². The van der Waals surface area contributed by atoms with Gasteiger partial charge in [-0.15, -0.1) is 0 Å². The molecule has 0 unspecified atom stereocenters. The molecule has 1 aliphatic rings. The molecule has 0 radical (unpaired) electrons. The standard InChI is InChI=1S/C12H8N2O/c13-6-2-1-3-9-4-5-11-10(7-9)8-14-12(11)15/h4-5,7H,2,8H2,(H,14,15). The Morgan fingerprint density at radius 2 is 2.33 bits per heavy atom. The number of nitrogens with zero attached hydrogens (tertiary/aromatic N) is 1. The topological polar surface area (TPSA) is 52.9 Å². The van der Waals surface area contributed by atoms with E-state index >= 15 is 0 Å². The number of carbonyl (C=O) groups is 1. The van der Waals surface area contributed by atoms with E-state index in [1.165, 1.54) is 0 Å². The van der Waals surface area contributed by atoms with Crippen molar-refractivity contribution in [3.63, 3.8) is 0 Å². The lowest BCUT2D eigenvalue weighted by Gasteiger charge is -1.95. The molecular formula is C12H8N2O. The molecule has 1 aromatic rings. The molecule has 0 saturated carbocycles. The fourth-order valence-electron chi connectivity index (χ4n) is 1.50. The molecule has 15 heavy (non-hydrogen) atoms. The Hall–Kier alpha value is -2.26. The molecule has 0 aliphatic carbocycles. The van der Waals surface area contributed by atoms with Gasteiger partial charge in [-0.25, -0.2) is 0 Å². The molecule has 72 valence electrons. The number of nitriles is 1. The Kier molecular flexibility index (Phi) is 2.39. The Bertz CT molecular complexity index is 515. The van der Waals surface area contributed by atoms with Gasteiger partial charge in [0.1, 0.15) is 0 Å². The number of nitrogens with one attached hydrogen (secondary N) is 1. The van der Waals surface area contributed by atoms with Gasteiger partial charge in [0.2, 0.25) is 0 Å². The summed E-state index contributed by atoms with van der Waals surface area (Å²) in [6.45, 7) is 0.571. The zero-order valence-corrected chi connectivity index (χ0v) is 8.00. The molecule has 2 rings (SSSR count). The average molecular weight is 196 g/mol. The number of hydrogen-bond donors (Lipinski definition) is 1. The van der Waals surface area contributed by atoms with Crippen molar-refractivity contribution >= 4 is 5.91 Å². The summed E-state index contributed by atoms with van der Waals surface area (Å²) in [7, 11) is 0. The molecule has 3 nitrogen and oxygen atoms in total. The van der Waals surface area contributed by atoms with Crippen LogP contribution in [0.15, 0.2) is 18.2 Å². The highest BCUT2D eigenvalue weighted by Crippen LogP contribution is 2.16. The van der Waals surface area contributed by atoms with E-state index in [1.807, 2.05) is 12.1 Å². The predicted octanol–water partition coefficient (Wildman–Crippen LogP) is 1.20. The quantitative estimate of drug-likeness (QED) is 0.634. The predicted molar refractivity (Wildman–Crippen MR) is 54.7 cm³/mol. The lowest BCUT2D eigenvalue weighted by Crippen LogP contribution is -2.12. The fourth-order valence-corrected chi connectivity index (χ4v) is 1.50. The summed E-state index contributed by atoms with van der Waals surface area (Å²) in [6.07, 6.45) is 0.230. The SMILES string of the molecule is N#CCC#Cc1ccc2c(c1)CNC2=O. The van der Waals surface area contributed by atoms with Crippen LogP contribution in [0.5, 0.6) is 0 Å². The average Bonchev–Trinajstić information content (AvgIpc) is 2.61. The first-order chi connectivity index (χ1) is 7.31. The van der Waals surface area contributed by atoms with Gasteiger partial charge < -0.3 is 5.32 Å². The van der Waals surface area contributed by atoms with Gasteiger partial charge in [0.15, 0.2) is 0 Å². The summed E-state index contributed by atoms with van der Waals surface area (Å²) in [6, 6.07) is 7.42. The zero-order chi connectivity index (χ0) is 10.7. The van der Waals surface area contributed by atoms with Crippen LogP contribution in [0.25, 0.3) is 0 Å². The molecule has 0 spiro atoms. The van der Waals surface area contributed by atoms with Gasteiger partial charge in [0.05, 0.1) is 12.5 Å². The highest BCUT2D eigenvalue weighted by atomic mass is 16.1. The maximum Gasteiger partial charge on any atom is 0.251 e. The van der Waals surface area contributed by atoms with Crippen molar-refractivity contribution in [2.45, 2.75) is 13.0 Å². The Balaban J connectivity index is 2.29. The Morgan fingerprint density at radius 3 is 3.13 bits per heavy atom. The molecule has 1 amide bonds. The summed E-state index contributed by atoms with van der Waals surface area (Å²) >= 11 is 0. The van der Waals surface area contributed by atoms with Crippen molar-refractivity contribution in [1.82, 2.24) is 5.32 Å². The largest absolute Gasteiger partial charge is 0.348 e. The van der Waals surface area contributed by atoms with Crippen molar-refractivity contribution in [2.24, 2.45) is 0 Å². The van der Waals surface area contributed by atoms with E-state index in [0.29, 0.717) is 6.54 Å². The highest BCUT2D eigenvalue weighted by molar-refractivity contribution is 5.98. The summed E-state index contributed by atoms with van der Waals surface area (Å²) < 4.78 is 0. The van der Waals surface area contributed by atoms with Crippen molar-refractivity contribution in [2.75, 3.05) is 0 Å². The second-order valence-electron chi connectivity index (χ2n) is 3.19. The number of hydrogen-bond acceptors (Lipinski definition) is 2. The fraction of sp³-hybridized carbons (Fsp3) is 0.167. The number of amides is 1. The van der Waals surface area contributed by atoms with Crippen molar-refractivity contribution in [3.05, 3.63) is 34.9 Å². The van der Waals surface area contributed by atoms with E-state index in [4.69, 9.17) is 5.26 Å². The van der Waals surface area contributed by atoms with Crippen LogP contribution in [0.3, 0.4) is 0 Å². The molecule has 0 atom stereocenters. The monoisotopic (exact) mass is 196 g/mol. The number of benzene rings is 1. The van der Waals surface area contributed by atoms with Crippen LogP contribution in [-0.2, 0) is 6.54 Å². The third kappa shape index (κ3) is 1.82. The van der Waals surface area contributed by atoms with E-state index in [2.05, 4.69) is 17.2 Å². The first kappa shape index (κ1) is 9.30. The van der Waals surface area contributed by atoms with Gasteiger partial charge in [-0.05, 0) is 23.8 Å². The van der Waals surface area contributed by atoms with Crippen molar-refractivity contribution < 1.29 is 4.79 Å². The van der Waals surface area contributed by atoms with Crippen LogP contribution in [0.4, 0.5) is 0 Å². The van der Waals surface area contributed by atoms with E-state index in [0.717, 1.165) is 16.7 Å². The van der Waals surface area contributed by atoms with Gasteiger partial charge >= 0.3 is 0 Å². The summed E-state index contributed by atoms with van der Waals surface area (Å²) in [4.78, 5) is 11.2. The molecule has 1 aromatic carbocycles. The lowest BCUT2D eigenvalue weighted by molar-refractivity contribution is 0.0966. The summed E-state index contributed by atoms with van der Waals surface area (Å²) in [5.41, 5.74) is 2.55. The molecule has 1 heterocycles. The second-order valence-corrected chi connectivity index (χ2v) is 3.19. The number of rotatable bonds is 0. The molecule has 0 fully saturated rings. The molecule has 0 bridgehead atoms. The number of fused-ring (bicyclic) bond motifs is 1. The van der Waals surface area contributed by atoms with E-state index in [1.54, 1.807) is 12.1 Å². The molecule has 0 aromatic heterocycles. The van der Waals surface area contributed by atoms with Gasteiger partial charge in [0.25, 0.3) is 5.91 Å². The van der Waals surface area contributed by atoms with Gasteiger partial charge in [-0.2, -0.15) is 5.26 Å². The van der Waals surface area contributed by atoms with Crippen LogP contribution in [-0.4, -0.2) is 5.91 Å². The first-order valence-electron chi connectivity index (χ1n) is 4.58. The minimum Gasteiger partial charge on any atom is -0.348 e. The Labute approximate surface area is 87.7 Å². The van der Waals surface area contributed by atoms with Gasteiger partial charge in [0, 0.05) is 17.7 Å². The minimum absolute atomic E-state index is 0.0264. The minimum atomic E-state index is -0.0264. The maximum atomic E-state index is 11.2.